The van der Waals surface area contributed by atoms with Crippen LogP contribution in [-0.4, -0.2) is 17.6 Å². The molecule has 0 unspecified atom stereocenters. The summed E-state index contributed by atoms with van der Waals surface area (Å²) in [6, 6.07) is 0.678. The van der Waals surface area contributed by atoms with Crippen molar-refractivity contribution in [2.75, 3.05) is 11.4 Å². The molecule has 0 bridgehead atoms. The Morgan fingerprint density at radius 1 is 1.29 bits per heavy atom. The molecule has 1 heterocycles. The van der Waals surface area contributed by atoms with Crippen molar-refractivity contribution in [2.24, 2.45) is 11.7 Å². The molecule has 0 saturated heterocycles. The first-order valence-corrected chi connectivity index (χ1v) is 9.11. The van der Waals surface area contributed by atoms with Crippen LogP contribution in [0.5, 0.6) is 0 Å². The van der Waals surface area contributed by atoms with E-state index in [0.29, 0.717) is 18.5 Å². The van der Waals surface area contributed by atoms with Crippen LogP contribution in [0, 0.1) is 5.92 Å². The summed E-state index contributed by atoms with van der Waals surface area (Å²) in [5, 5.41) is 1.20. The number of aromatic nitrogens is 1. The highest BCUT2D eigenvalue weighted by Crippen LogP contribution is 2.37. The highest BCUT2D eigenvalue weighted by molar-refractivity contribution is 7.15. The van der Waals surface area contributed by atoms with Gasteiger partial charge in [-0.15, -0.1) is 11.3 Å². The van der Waals surface area contributed by atoms with Crippen LogP contribution in [0.3, 0.4) is 0 Å². The Bertz CT molecular complexity index is 453. The lowest BCUT2D eigenvalue weighted by atomic mass is 9.91. The van der Waals surface area contributed by atoms with Crippen LogP contribution in [0.2, 0.25) is 0 Å². The van der Waals surface area contributed by atoms with E-state index in [-0.39, 0.29) is 5.41 Å². The molecule has 1 fully saturated rings. The second-order valence-electron chi connectivity index (χ2n) is 7.71. The first kappa shape index (κ1) is 16.8. The van der Waals surface area contributed by atoms with Crippen LogP contribution in [0.4, 0.5) is 5.13 Å². The van der Waals surface area contributed by atoms with Crippen molar-refractivity contribution in [3.8, 4) is 0 Å². The minimum Gasteiger partial charge on any atom is -0.345 e. The number of rotatable bonds is 5. The minimum absolute atomic E-state index is 0.0721. The zero-order valence-corrected chi connectivity index (χ0v) is 15.1. The van der Waals surface area contributed by atoms with Gasteiger partial charge in [-0.3, -0.25) is 0 Å². The lowest BCUT2D eigenvalue weighted by Gasteiger charge is -2.30. The molecule has 3 nitrogen and oxygen atoms in total. The highest BCUT2D eigenvalue weighted by atomic mass is 32.1. The number of hydrogen-bond acceptors (Lipinski definition) is 4. The lowest BCUT2D eigenvalue weighted by molar-refractivity contribution is 0.529. The van der Waals surface area contributed by atoms with Crippen molar-refractivity contribution >= 4 is 16.5 Å². The Morgan fingerprint density at radius 2 is 1.90 bits per heavy atom. The molecule has 0 amide bonds. The SMILES string of the molecule is CC(C)CN(c1nc(C(C)(C)C)c(CN)s1)C1CCCC1. The predicted molar refractivity (Wildman–Crippen MR) is 93.1 cm³/mol. The van der Waals surface area contributed by atoms with Gasteiger partial charge in [-0.2, -0.15) is 0 Å². The molecule has 0 spiro atoms. The van der Waals surface area contributed by atoms with Gasteiger partial charge in [0.05, 0.1) is 5.69 Å². The molecule has 120 valence electrons. The number of thiazole rings is 1. The third-order valence-electron chi connectivity index (χ3n) is 4.15. The molecule has 1 aromatic heterocycles. The maximum atomic E-state index is 5.97. The van der Waals surface area contributed by atoms with Gasteiger partial charge < -0.3 is 10.6 Å². The van der Waals surface area contributed by atoms with Gasteiger partial charge >= 0.3 is 0 Å². The second kappa shape index (κ2) is 6.66. The zero-order chi connectivity index (χ0) is 15.6. The van der Waals surface area contributed by atoms with Crippen molar-refractivity contribution < 1.29 is 0 Å². The molecule has 1 aliphatic rings. The quantitative estimate of drug-likeness (QED) is 0.881. The molecular weight excluding hydrogens is 278 g/mol. The fraction of sp³-hybridized carbons (Fsp3) is 0.824. The van der Waals surface area contributed by atoms with E-state index >= 15 is 0 Å². The van der Waals surface area contributed by atoms with Crippen LogP contribution in [-0.2, 0) is 12.0 Å². The van der Waals surface area contributed by atoms with E-state index in [0.717, 1.165) is 6.54 Å². The van der Waals surface area contributed by atoms with Gasteiger partial charge in [0.2, 0.25) is 0 Å². The molecular formula is C17H31N3S. The summed E-state index contributed by atoms with van der Waals surface area (Å²) < 4.78 is 0. The van der Waals surface area contributed by atoms with Crippen molar-refractivity contribution in [1.82, 2.24) is 4.98 Å². The van der Waals surface area contributed by atoms with Crippen LogP contribution < -0.4 is 10.6 Å². The van der Waals surface area contributed by atoms with Crippen molar-refractivity contribution in [3.63, 3.8) is 0 Å². The minimum atomic E-state index is 0.0721. The summed E-state index contributed by atoms with van der Waals surface area (Å²) in [7, 11) is 0. The molecule has 1 aliphatic carbocycles. The highest BCUT2D eigenvalue weighted by Gasteiger charge is 2.29. The van der Waals surface area contributed by atoms with Gasteiger partial charge in [-0.05, 0) is 18.8 Å². The summed E-state index contributed by atoms with van der Waals surface area (Å²) >= 11 is 1.81. The van der Waals surface area contributed by atoms with E-state index < -0.39 is 0 Å². The Kier molecular flexibility index (Phi) is 5.31. The maximum Gasteiger partial charge on any atom is 0.186 e. The molecule has 21 heavy (non-hydrogen) atoms. The van der Waals surface area contributed by atoms with E-state index in [1.165, 1.54) is 41.4 Å². The Morgan fingerprint density at radius 3 is 2.33 bits per heavy atom. The maximum absolute atomic E-state index is 5.97. The van der Waals surface area contributed by atoms with Crippen LogP contribution in [0.25, 0.3) is 0 Å². The lowest BCUT2D eigenvalue weighted by Crippen LogP contribution is -2.36. The molecule has 2 N–H and O–H groups in total. The van der Waals surface area contributed by atoms with E-state index in [1.807, 2.05) is 11.3 Å². The van der Waals surface area contributed by atoms with Gasteiger partial charge in [0.1, 0.15) is 0 Å². The van der Waals surface area contributed by atoms with E-state index in [9.17, 15) is 0 Å². The predicted octanol–water partition coefficient (Wildman–Crippen LogP) is 4.30. The monoisotopic (exact) mass is 309 g/mol. The van der Waals surface area contributed by atoms with Crippen molar-refractivity contribution in [3.05, 3.63) is 10.6 Å². The summed E-state index contributed by atoms with van der Waals surface area (Å²) in [5.74, 6) is 0.661. The summed E-state index contributed by atoms with van der Waals surface area (Å²) in [6.45, 7) is 13.0. The van der Waals surface area contributed by atoms with Crippen molar-refractivity contribution in [1.29, 1.82) is 0 Å². The normalized spacial score (nSPS) is 16.9. The van der Waals surface area contributed by atoms with E-state index in [1.54, 1.807) is 0 Å². The molecule has 2 rings (SSSR count). The molecule has 0 aliphatic heterocycles. The van der Waals surface area contributed by atoms with Gasteiger partial charge in [-0.25, -0.2) is 4.98 Å². The number of anilines is 1. The summed E-state index contributed by atoms with van der Waals surface area (Å²) in [6.07, 6.45) is 5.35. The average molecular weight is 310 g/mol. The fourth-order valence-corrected chi connectivity index (χ4v) is 4.41. The van der Waals surface area contributed by atoms with E-state index in [2.05, 4.69) is 39.5 Å². The smallest absolute Gasteiger partial charge is 0.186 e. The Balaban J connectivity index is 2.33. The van der Waals surface area contributed by atoms with Gasteiger partial charge in [-0.1, -0.05) is 47.5 Å². The first-order valence-electron chi connectivity index (χ1n) is 8.29. The zero-order valence-electron chi connectivity index (χ0n) is 14.3. The van der Waals surface area contributed by atoms with Crippen LogP contribution >= 0.6 is 11.3 Å². The first-order chi connectivity index (χ1) is 9.82. The van der Waals surface area contributed by atoms with Crippen LogP contribution in [0.1, 0.15) is 70.9 Å². The van der Waals surface area contributed by atoms with E-state index in [4.69, 9.17) is 10.7 Å². The molecule has 0 atom stereocenters. The molecule has 4 heteroatoms. The van der Waals surface area contributed by atoms with Crippen molar-refractivity contribution in [2.45, 2.75) is 78.3 Å². The largest absolute Gasteiger partial charge is 0.345 e. The topological polar surface area (TPSA) is 42.2 Å². The molecule has 1 saturated carbocycles. The third-order valence-corrected chi connectivity index (χ3v) is 5.27. The molecule has 0 radical (unpaired) electrons. The Hall–Kier alpha value is -0.610. The third kappa shape index (κ3) is 3.98. The molecule has 0 aromatic carbocycles. The van der Waals surface area contributed by atoms with Gasteiger partial charge in [0.25, 0.3) is 0 Å². The van der Waals surface area contributed by atoms with Crippen LogP contribution in [0.15, 0.2) is 0 Å². The van der Waals surface area contributed by atoms with Gasteiger partial charge in [0.15, 0.2) is 5.13 Å². The second-order valence-corrected chi connectivity index (χ2v) is 8.77. The number of hydrogen-bond donors (Lipinski definition) is 1. The Labute approximate surface area is 133 Å². The molecule has 1 aromatic rings. The average Bonchev–Trinajstić information content (AvgIpc) is 3.04. The number of nitrogens with two attached hydrogens (primary N) is 1. The fourth-order valence-electron chi connectivity index (χ4n) is 3.18. The summed E-state index contributed by atoms with van der Waals surface area (Å²) in [5.41, 5.74) is 7.23. The summed E-state index contributed by atoms with van der Waals surface area (Å²) in [4.78, 5) is 8.83. The van der Waals surface area contributed by atoms with Gasteiger partial charge in [0, 0.05) is 29.4 Å². The number of nitrogens with zero attached hydrogens (tertiary/aromatic N) is 2. The standard InChI is InChI=1S/C17H31N3S/c1-12(2)11-20(13-8-6-7-9-13)16-19-15(17(3,4)5)14(10-18)21-16/h12-13H,6-11,18H2,1-5H3.